The topological polar surface area (TPSA) is 89.9 Å². The second kappa shape index (κ2) is 9.48. The number of sulfonamides is 1. The van der Waals surface area contributed by atoms with Gasteiger partial charge in [0.1, 0.15) is 0 Å². The Morgan fingerprint density at radius 1 is 1.08 bits per heavy atom. The van der Waals surface area contributed by atoms with Crippen LogP contribution >= 0.6 is 0 Å². The van der Waals surface area contributed by atoms with E-state index in [0.29, 0.717) is 19.2 Å². The van der Waals surface area contributed by atoms with E-state index in [-0.39, 0.29) is 18.4 Å². The van der Waals surface area contributed by atoms with Gasteiger partial charge in [0, 0.05) is 18.6 Å². The lowest BCUT2D eigenvalue weighted by Crippen LogP contribution is -2.38. The first-order valence-electron chi connectivity index (χ1n) is 8.55. The van der Waals surface area contributed by atoms with Gasteiger partial charge in [0.2, 0.25) is 10.0 Å². The molecule has 0 radical (unpaired) electrons. The molecule has 1 aromatic carbocycles. The van der Waals surface area contributed by atoms with Crippen molar-refractivity contribution in [2.75, 3.05) is 26.3 Å². The summed E-state index contributed by atoms with van der Waals surface area (Å²) in [6.45, 7) is 1.83. The molecule has 2 aliphatic heterocycles. The Balaban J connectivity index is 0.000000249. The molecule has 2 atom stereocenters. The molecule has 136 valence electrons. The van der Waals surface area contributed by atoms with Crippen LogP contribution in [0.25, 0.3) is 0 Å². The predicted molar refractivity (Wildman–Crippen MR) is 94.0 cm³/mol. The van der Waals surface area contributed by atoms with Crippen molar-refractivity contribution in [3.63, 3.8) is 0 Å². The van der Waals surface area contributed by atoms with Crippen molar-refractivity contribution in [1.82, 2.24) is 9.62 Å². The van der Waals surface area contributed by atoms with E-state index in [0.717, 1.165) is 31.4 Å². The molecule has 0 aliphatic carbocycles. The van der Waals surface area contributed by atoms with Gasteiger partial charge in [-0.25, -0.2) is 8.42 Å². The number of hydrogen-bond acceptors (Lipinski definition) is 5. The molecule has 24 heavy (non-hydrogen) atoms. The minimum Gasteiger partial charge on any atom is -0.395 e. The maximum Gasteiger partial charge on any atom is 0.218 e. The normalized spacial score (nSPS) is 24.6. The number of rotatable bonds is 5. The summed E-state index contributed by atoms with van der Waals surface area (Å²) in [4.78, 5) is 0. The molecule has 0 aromatic heterocycles. The molecule has 1 aromatic rings. The molecule has 2 heterocycles. The number of hydrogen-bond donors (Lipinski definition) is 3. The van der Waals surface area contributed by atoms with Gasteiger partial charge in [-0.1, -0.05) is 30.3 Å². The predicted octanol–water partition coefficient (Wildman–Crippen LogP) is 0.704. The highest BCUT2D eigenvalue weighted by Gasteiger charge is 2.33. The third kappa shape index (κ3) is 5.53. The van der Waals surface area contributed by atoms with Gasteiger partial charge < -0.3 is 15.5 Å². The van der Waals surface area contributed by atoms with Gasteiger partial charge in [0.15, 0.2) is 0 Å². The molecule has 0 bridgehead atoms. The Kier molecular flexibility index (Phi) is 7.64. The molecule has 6 nitrogen and oxygen atoms in total. The van der Waals surface area contributed by atoms with Crippen molar-refractivity contribution in [3.05, 3.63) is 35.9 Å². The standard InChI is InChI=1S/C12H17NO3S.C5H11NO/c14-9-12-7-4-8-13(12)17(15,16)10-11-5-2-1-3-6-11;7-4-5-2-1-3-6-5/h1-3,5-6,12,14H,4,7-10H2;5-7H,1-4H2. The number of nitrogens with one attached hydrogen (secondary N) is 1. The Hall–Kier alpha value is -0.990. The van der Waals surface area contributed by atoms with Crippen molar-refractivity contribution >= 4 is 10.0 Å². The molecular weight excluding hydrogens is 328 g/mol. The van der Waals surface area contributed by atoms with Crippen molar-refractivity contribution in [3.8, 4) is 0 Å². The number of benzene rings is 1. The highest BCUT2D eigenvalue weighted by atomic mass is 32.2. The lowest BCUT2D eigenvalue weighted by atomic mass is 10.2. The molecule has 3 N–H and O–H groups in total. The molecule has 0 saturated carbocycles. The van der Waals surface area contributed by atoms with E-state index in [1.54, 1.807) is 0 Å². The van der Waals surface area contributed by atoms with Crippen molar-refractivity contribution in [1.29, 1.82) is 0 Å². The van der Waals surface area contributed by atoms with Crippen LogP contribution < -0.4 is 5.32 Å². The molecular formula is C17H28N2O4S. The first-order valence-corrected chi connectivity index (χ1v) is 10.2. The summed E-state index contributed by atoms with van der Waals surface area (Å²) in [5, 5.41) is 20.8. The van der Waals surface area contributed by atoms with E-state index in [2.05, 4.69) is 5.32 Å². The molecule has 2 fully saturated rings. The minimum atomic E-state index is -3.30. The summed E-state index contributed by atoms with van der Waals surface area (Å²) in [5.41, 5.74) is 0.788. The first-order chi connectivity index (χ1) is 11.6. The largest absolute Gasteiger partial charge is 0.395 e. The van der Waals surface area contributed by atoms with Crippen LogP contribution in [0, 0.1) is 0 Å². The van der Waals surface area contributed by atoms with Gasteiger partial charge in [0.05, 0.1) is 19.0 Å². The molecule has 2 aliphatic rings. The van der Waals surface area contributed by atoms with Crippen molar-refractivity contribution < 1.29 is 18.6 Å². The molecule has 2 saturated heterocycles. The quantitative estimate of drug-likeness (QED) is 0.723. The SMILES string of the molecule is O=S(=O)(Cc1ccccc1)N1CCCC1CO.OCC1CCCN1. The summed E-state index contributed by atoms with van der Waals surface area (Å²) in [6, 6.07) is 9.31. The van der Waals surface area contributed by atoms with E-state index in [1.807, 2.05) is 30.3 Å². The van der Waals surface area contributed by atoms with Gasteiger partial charge in [-0.15, -0.1) is 0 Å². The van der Waals surface area contributed by atoms with E-state index in [4.69, 9.17) is 10.2 Å². The molecule has 0 spiro atoms. The first kappa shape index (κ1) is 19.3. The highest BCUT2D eigenvalue weighted by molar-refractivity contribution is 7.88. The fourth-order valence-corrected chi connectivity index (χ4v) is 4.95. The van der Waals surface area contributed by atoms with E-state index in [1.165, 1.54) is 10.7 Å². The third-order valence-electron chi connectivity index (χ3n) is 4.47. The number of nitrogens with zero attached hydrogens (tertiary/aromatic N) is 1. The van der Waals surface area contributed by atoms with Crippen LogP contribution in [-0.2, 0) is 15.8 Å². The maximum atomic E-state index is 12.2. The number of aliphatic hydroxyl groups is 2. The second-order valence-electron chi connectivity index (χ2n) is 6.31. The van der Waals surface area contributed by atoms with Crippen LogP contribution in [0.2, 0.25) is 0 Å². The minimum absolute atomic E-state index is 0.0182. The van der Waals surface area contributed by atoms with Crippen molar-refractivity contribution in [2.24, 2.45) is 0 Å². The van der Waals surface area contributed by atoms with Crippen LogP contribution in [0.4, 0.5) is 0 Å². The summed E-state index contributed by atoms with van der Waals surface area (Å²) in [6.07, 6.45) is 3.96. The van der Waals surface area contributed by atoms with E-state index < -0.39 is 10.0 Å². The highest BCUT2D eigenvalue weighted by Crippen LogP contribution is 2.23. The van der Waals surface area contributed by atoms with Crippen LogP contribution in [0.3, 0.4) is 0 Å². The van der Waals surface area contributed by atoms with Crippen LogP contribution in [0.5, 0.6) is 0 Å². The smallest absolute Gasteiger partial charge is 0.218 e. The molecule has 7 heteroatoms. The van der Waals surface area contributed by atoms with E-state index >= 15 is 0 Å². The Labute approximate surface area is 144 Å². The van der Waals surface area contributed by atoms with Crippen LogP contribution in [-0.4, -0.2) is 61.3 Å². The Morgan fingerprint density at radius 2 is 1.83 bits per heavy atom. The zero-order valence-corrected chi connectivity index (χ0v) is 14.8. The number of aliphatic hydroxyl groups excluding tert-OH is 2. The lowest BCUT2D eigenvalue weighted by Gasteiger charge is -2.22. The van der Waals surface area contributed by atoms with Gasteiger partial charge in [0.25, 0.3) is 0 Å². The lowest BCUT2D eigenvalue weighted by molar-refractivity contribution is 0.213. The van der Waals surface area contributed by atoms with Gasteiger partial charge in [-0.3, -0.25) is 0 Å². The molecule has 3 rings (SSSR count). The second-order valence-corrected chi connectivity index (χ2v) is 8.23. The summed E-state index contributed by atoms with van der Waals surface area (Å²) >= 11 is 0. The summed E-state index contributed by atoms with van der Waals surface area (Å²) < 4.78 is 25.8. The summed E-state index contributed by atoms with van der Waals surface area (Å²) in [7, 11) is -3.30. The Bertz CT molecular complexity index is 574. The monoisotopic (exact) mass is 356 g/mol. The fraction of sp³-hybridized carbons (Fsp3) is 0.647. The maximum absolute atomic E-state index is 12.2. The van der Waals surface area contributed by atoms with Crippen LogP contribution in [0.1, 0.15) is 31.2 Å². The van der Waals surface area contributed by atoms with E-state index in [9.17, 15) is 8.42 Å². The van der Waals surface area contributed by atoms with Gasteiger partial charge in [-0.05, 0) is 37.8 Å². The zero-order chi connectivity index (χ0) is 17.4. The summed E-state index contributed by atoms with van der Waals surface area (Å²) in [5.74, 6) is 0.0182. The van der Waals surface area contributed by atoms with Gasteiger partial charge >= 0.3 is 0 Å². The Morgan fingerprint density at radius 3 is 2.38 bits per heavy atom. The third-order valence-corrected chi connectivity index (χ3v) is 6.36. The average Bonchev–Trinajstić information content (AvgIpc) is 3.27. The van der Waals surface area contributed by atoms with Crippen LogP contribution in [0.15, 0.2) is 30.3 Å². The molecule has 2 unspecified atom stereocenters. The van der Waals surface area contributed by atoms with Crippen molar-refractivity contribution in [2.45, 2.75) is 43.5 Å². The zero-order valence-electron chi connectivity index (χ0n) is 14.0. The average molecular weight is 356 g/mol. The fourth-order valence-electron chi connectivity index (χ4n) is 3.14. The van der Waals surface area contributed by atoms with Gasteiger partial charge in [-0.2, -0.15) is 4.31 Å². The molecule has 0 amide bonds.